The standard InChI is InChI=1S/C14H30N4/c1-4-10-16-14(17-15)18(11-9-12(2)3)13-7-5-6-8-13/h12-13H,4-11,15H2,1-3H3,(H,16,17). The third-order valence-corrected chi connectivity index (χ3v) is 3.60. The van der Waals surface area contributed by atoms with Crippen molar-refractivity contribution in [3.8, 4) is 0 Å². The molecule has 0 saturated heterocycles. The van der Waals surface area contributed by atoms with Crippen LogP contribution in [0.2, 0.25) is 0 Å². The summed E-state index contributed by atoms with van der Waals surface area (Å²) in [5.74, 6) is 7.28. The van der Waals surface area contributed by atoms with E-state index in [-0.39, 0.29) is 0 Å². The molecule has 0 unspecified atom stereocenters. The largest absolute Gasteiger partial charge is 0.339 e. The molecule has 1 rings (SSSR count). The fourth-order valence-corrected chi connectivity index (χ4v) is 2.51. The van der Waals surface area contributed by atoms with Gasteiger partial charge in [0.15, 0.2) is 0 Å². The second kappa shape index (κ2) is 8.35. The van der Waals surface area contributed by atoms with Crippen molar-refractivity contribution in [1.29, 1.82) is 0 Å². The lowest BCUT2D eigenvalue weighted by Gasteiger charge is -2.32. The van der Waals surface area contributed by atoms with Crippen molar-refractivity contribution in [1.82, 2.24) is 10.3 Å². The lowest BCUT2D eigenvalue weighted by atomic mass is 10.1. The fourth-order valence-electron chi connectivity index (χ4n) is 2.51. The summed E-state index contributed by atoms with van der Waals surface area (Å²) >= 11 is 0. The van der Waals surface area contributed by atoms with E-state index in [0.717, 1.165) is 31.4 Å². The molecule has 0 amide bonds. The van der Waals surface area contributed by atoms with E-state index in [1.807, 2.05) is 0 Å². The van der Waals surface area contributed by atoms with Gasteiger partial charge in [0.05, 0.1) is 0 Å². The van der Waals surface area contributed by atoms with E-state index < -0.39 is 0 Å². The van der Waals surface area contributed by atoms with E-state index >= 15 is 0 Å². The Morgan fingerprint density at radius 1 is 1.39 bits per heavy atom. The van der Waals surface area contributed by atoms with E-state index in [0.29, 0.717) is 6.04 Å². The molecule has 0 bridgehead atoms. The molecule has 1 aliphatic carbocycles. The summed E-state index contributed by atoms with van der Waals surface area (Å²) in [4.78, 5) is 7.00. The van der Waals surface area contributed by atoms with Gasteiger partial charge in [0.2, 0.25) is 5.96 Å². The molecule has 4 heteroatoms. The smallest absolute Gasteiger partial charge is 0.208 e. The zero-order valence-corrected chi connectivity index (χ0v) is 12.3. The molecule has 0 aromatic rings. The number of nitrogens with two attached hydrogens (primary N) is 1. The number of hydrazine groups is 1. The van der Waals surface area contributed by atoms with Crippen LogP contribution in [-0.2, 0) is 0 Å². The zero-order chi connectivity index (χ0) is 13.4. The number of guanidine groups is 1. The fraction of sp³-hybridized carbons (Fsp3) is 0.929. The maximum absolute atomic E-state index is 5.67. The van der Waals surface area contributed by atoms with Crippen molar-refractivity contribution in [3.63, 3.8) is 0 Å². The first-order chi connectivity index (χ1) is 8.69. The zero-order valence-electron chi connectivity index (χ0n) is 12.3. The highest BCUT2D eigenvalue weighted by Crippen LogP contribution is 2.24. The molecule has 0 aromatic heterocycles. The van der Waals surface area contributed by atoms with E-state index in [2.05, 4.69) is 36.1 Å². The van der Waals surface area contributed by atoms with Gasteiger partial charge in [-0.15, -0.1) is 0 Å². The number of nitrogens with zero attached hydrogens (tertiary/aromatic N) is 2. The molecule has 1 aliphatic rings. The molecule has 3 N–H and O–H groups in total. The van der Waals surface area contributed by atoms with Crippen LogP contribution in [0.1, 0.15) is 59.3 Å². The minimum atomic E-state index is 0.635. The molecule has 0 radical (unpaired) electrons. The average molecular weight is 254 g/mol. The quantitative estimate of drug-likeness (QED) is 0.331. The Balaban J connectivity index is 2.66. The molecule has 0 atom stereocenters. The molecule has 106 valence electrons. The van der Waals surface area contributed by atoms with E-state index in [1.165, 1.54) is 32.1 Å². The van der Waals surface area contributed by atoms with Gasteiger partial charge in [-0.05, 0) is 31.6 Å². The van der Waals surface area contributed by atoms with E-state index in [4.69, 9.17) is 5.84 Å². The first-order valence-corrected chi connectivity index (χ1v) is 7.46. The summed E-state index contributed by atoms with van der Waals surface area (Å²) in [6.45, 7) is 8.60. The molecule has 0 aromatic carbocycles. The van der Waals surface area contributed by atoms with Gasteiger partial charge < -0.3 is 4.90 Å². The maximum atomic E-state index is 5.67. The Morgan fingerprint density at radius 2 is 2.06 bits per heavy atom. The molecule has 1 fully saturated rings. The Morgan fingerprint density at radius 3 is 2.56 bits per heavy atom. The summed E-state index contributed by atoms with van der Waals surface area (Å²) in [5, 5.41) is 0. The van der Waals surface area contributed by atoms with Crippen LogP contribution in [-0.4, -0.2) is 30.0 Å². The number of nitrogens with one attached hydrogen (secondary N) is 1. The topological polar surface area (TPSA) is 53.6 Å². The molecule has 18 heavy (non-hydrogen) atoms. The second-order valence-corrected chi connectivity index (χ2v) is 5.66. The summed E-state index contributed by atoms with van der Waals surface area (Å²) < 4.78 is 0. The third-order valence-electron chi connectivity index (χ3n) is 3.60. The summed E-state index contributed by atoms with van der Waals surface area (Å²) in [6, 6.07) is 0.635. The van der Waals surface area contributed by atoms with Crippen LogP contribution < -0.4 is 11.3 Å². The maximum Gasteiger partial charge on any atom is 0.208 e. The van der Waals surface area contributed by atoms with E-state index in [9.17, 15) is 0 Å². The van der Waals surface area contributed by atoms with Gasteiger partial charge in [-0.2, -0.15) is 0 Å². The number of aliphatic imine (C=N–C) groups is 1. The van der Waals surface area contributed by atoms with Crippen molar-refractivity contribution in [3.05, 3.63) is 0 Å². The van der Waals surface area contributed by atoms with Gasteiger partial charge in [-0.3, -0.25) is 10.4 Å². The number of rotatable bonds is 6. The monoisotopic (exact) mass is 254 g/mol. The highest BCUT2D eigenvalue weighted by Gasteiger charge is 2.24. The molecular weight excluding hydrogens is 224 g/mol. The Hall–Kier alpha value is -0.770. The predicted molar refractivity (Wildman–Crippen MR) is 78.3 cm³/mol. The SMILES string of the molecule is CCCN=C(NN)N(CCC(C)C)C1CCCC1. The first-order valence-electron chi connectivity index (χ1n) is 7.46. The normalized spacial score (nSPS) is 17.5. The summed E-state index contributed by atoms with van der Waals surface area (Å²) in [6.07, 6.45) is 7.51. The lowest BCUT2D eigenvalue weighted by Crippen LogP contribution is -2.49. The van der Waals surface area contributed by atoms with Crippen LogP contribution in [0, 0.1) is 5.92 Å². The summed E-state index contributed by atoms with van der Waals surface area (Å²) in [7, 11) is 0. The van der Waals surface area contributed by atoms with Crippen LogP contribution in [0.3, 0.4) is 0 Å². The lowest BCUT2D eigenvalue weighted by molar-refractivity contribution is 0.286. The van der Waals surface area contributed by atoms with Gasteiger partial charge in [0.1, 0.15) is 0 Å². The van der Waals surface area contributed by atoms with Gasteiger partial charge in [-0.1, -0.05) is 33.6 Å². The van der Waals surface area contributed by atoms with Gasteiger partial charge >= 0.3 is 0 Å². The van der Waals surface area contributed by atoms with Gasteiger partial charge in [0, 0.05) is 19.1 Å². The second-order valence-electron chi connectivity index (χ2n) is 5.66. The Labute approximate surface area is 112 Å². The van der Waals surface area contributed by atoms with E-state index in [1.54, 1.807) is 0 Å². The summed E-state index contributed by atoms with van der Waals surface area (Å²) in [5.41, 5.74) is 2.81. The Bertz CT molecular complexity index is 244. The minimum Gasteiger partial charge on any atom is -0.339 e. The van der Waals surface area contributed by atoms with Crippen LogP contribution in [0.5, 0.6) is 0 Å². The molecule has 0 aliphatic heterocycles. The average Bonchev–Trinajstić information content (AvgIpc) is 2.86. The van der Waals surface area contributed by atoms with Crippen molar-refractivity contribution in [2.75, 3.05) is 13.1 Å². The first kappa shape index (κ1) is 15.3. The molecule has 4 nitrogen and oxygen atoms in total. The molecular formula is C14H30N4. The molecule has 1 saturated carbocycles. The number of hydrogen-bond donors (Lipinski definition) is 2. The van der Waals surface area contributed by atoms with Crippen LogP contribution >= 0.6 is 0 Å². The highest BCUT2D eigenvalue weighted by atomic mass is 15.4. The predicted octanol–water partition coefficient (Wildman–Crippen LogP) is 2.51. The highest BCUT2D eigenvalue weighted by molar-refractivity contribution is 5.79. The Kier molecular flexibility index (Phi) is 7.09. The van der Waals surface area contributed by atoms with Crippen molar-refractivity contribution in [2.24, 2.45) is 16.8 Å². The number of hydrogen-bond acceptors (Lipinski definition) is 2. The van der Waals surface area contributed by atoms with Gasteiger partial charge in [0.25, 0.3) is 0 Å². The molecule has 0 spiro atoms. The van der Waals surface area contributed by atoms with Crippen LogP contribution in [0.4, 0.5) is 0 Å². The van der Waals surface area contributed by atoms with Gasteiger partial charge in [-0.25, -0.2) is 5.84 Å². The van der Waals surface area contributed by atoms with Crippen molar-refractivity contribution in [2.45, 2.75) is 65.3 Å². The van der Waals surface area contributed by atoms with Crippen LogP contribution in [0.25, 0.3) is 0 Å². The third kappa shape index (κ3) is 4.84. The van der Waals surface area contributed by atoms with Crippen molar-refractivity contribution >= 4 is 5.96 Å². The minimum absolute atomic E-state index is 0.635. The van der Waals surface area contributed by atoms with Crippen molar-refractivity contribution < 1.29 is 0 Å². The van der Waals surface area contributed by atoms with Crippen LogP contribution in [0.15, 0.2) is 4.99 Å². The molecule has 0 heterocycles.